The molecule has 4 rings (SSSR count). The van der Waals surface area contributed by atoms with Crippen molar-refractivity contribution in [2.45, 2.75) is 26.6 Å². The van der Waals surface area contributed by atoms with Gasteiger partial charge in [0.1, 0.15) is 0 Å². The van der Waals surface area contributed by atoms with Gasteiger partial charge < -0.3 is 14.8 Å². The van der Waals surface area contributed by atoms with Crippen LogP contribution in [0.2, 0.25) is 0 Å². The van der Waals surface area contributed by atoms with Crippen LogP contribution in [0.1, 0.15) is 22.5 Å². The summed E-state index contributed by atoms with van der Waals surface area (Å²) in [4.78, 5) is 0. The lowest BCUT2D eigenvalue weighted by Gasteiger charge is -2.13. The summed E-state index contributed by atoms with van der Waals surface area (Å²) in [6, 6.07) is 24.2. The van der Waals surface area contributed by atoms with Gasteiger partial charge in [0.25, 0.3) is 0 Å². The topological polar surface area (TPSA) is 74.1 Å². The first-order valence-corrected chi connectivity index (χ1v) is 10.1. The summed E-state index contributed by atoms with van der Waals surface area (Å²) in [5, 5.41) is 15.4. The van der Waals surface area contributed by atoms with Crippen LogP contribution in [0.15, 0.2) is 72.8 Å². The number of aryl methyl sites for hydroxylation is 1. The molecule has 4 aromatic rings. The molecule has 0 aliphatic rings. The van der Waals surface area contributed by atoms with Gasteiger partial charge in [0.2, 0.25) is 0 Å². The van der Waals surface area contributed by atoms with Gasteiger partial charge in [-0.3, -0.25) is 0 Å². The molecule has 7 heteroatoms. The molecule has 158 valence electrons. The zero-order chi connectivity index (χ0) is 21.5. The van der Waals surface area contributed by atoms with Gasteiger partial charge in [-0.2, -0.15) is 4.68 Å². The quantitative estimate of drug-likeness (QED) is 0.448. The van der Waals surface area contributed by atoms with Gasteiger partial charge in [-0.25, -0.2) is 0 Å². The van der Waals surface area contributed by atoms with Crippen LogP contribution in [0.25, 0.3) is 5.69 Å². The van der Waals surface area contributed by atoms with Gasteiger partial charge in [-0.1, -0.05) is 54.1 Å². The number of hydrogen-bond donors (Lipinski definition) is 1. The number of tetrazole rings is 1. The van der Waals surface area contributed by atoms with E-state index in [4.69, 9.17) is 9.47 Å². The first-order chi connectivity index (χ1) is 15.2. The van der Waals surface area contributed by atoms with E-state index in [1.54, 1.807) is 11.8 Å². The number of aromatic nitrogens is 4. The van der Waals surface area contributed by atoms with Crippen LogP contribution in [0.4, 0.5) is 0 Å². The van der Waals surface area contributed by atoms with Crippen LogP contribution in [-0.2, 0) is 19.7 Å². The molecule has 1 N–H and O–H groups in total. The summed E-state index contributed by atoms with van der Waals surface area (Å²) >= 11 is 0. The Balaban J connectivity index is 1.39. The van der Waals surface area contributed by atoms with Crippen molar-refractivity contribution in [2.24, 2.45) is 0 Å². The number of hydrogen-bond acceptors (Lipinski definition) is 6. The van der Waals surface area contributed by atoms with Crippen LogP contribution < -0.4 is 14.8 Å². The molecule has 0 bridgehead atoms. The zero-order valence-electron chi connectivity index (χ0n) is 17.7. The van der Waals surface area contributed by atoms with E-state index in [1.807, 2.05) is 67.6 Å². The first kappa shape index (κ1) is 20.6. The second-order valence-electron chi connectivity index (χ2n) is 7.21. The highest BCUT2D eigenvalue weighted by atomic mass is 16.5. The molecule has 7 nitrogen and oxygen atoms in total. The summed E-state index contributed by atoms with van der Waals surface area (Å²) in [5.74, 6) is 1.93. The van der Waals surface area contributed by atoms with E-state index in [-0.39, 0.29) is 6.61 Å². The molecule has 0 amide bonds. The number of nitrogens with one attached hydrogen (secondary N) is 1. The maximum absolute atomic E-state index is 5.98. The smallest absolute Gasteiger partial charge is 0.194 e. The van der Waals surface area contributed by atoms with Crippen molar-refractivity contribution >= 4 is 0 Å². The van der Waals surface area contributed by atoms with Crippen LogP contribution in [0, 0.1) is 6.92 Å². The Labute approximate surface area is 181 Å². The minimum absolute atomic E-state index is 0.225. The van der Waals surface area contributed by atoms with E-state index in [9.17, 15) is 0 Å². The SMILES string of the molecule is COc1cc(CNCc2ccccc2)ccc1OCc1nnnn1-c1ccc(C)cc1. The molecule has 0 fully saturated rings. The van der Waals surface area contributed by atoms with E-state index in [1.165, 1.54) is 11.1 Å². The van der Waals surface area contributed by atoms with Crippen LogP contribution in [0.5, 0.6) is 11.5 Å². The van der Waals surface area contributed by atoms with Crippen LogP contribution in [0.3, 0.4) is 0 Å². The van der Waals surface area contributed by atoms with Crippen molar-refractivity contribution in [1.29, 1.82) is 0 Å². The number of nitrogens with zero attached hydrogens (tertiary/aromatic N) is 4. The molecule has 0 atom stereocenters. The van der Waals surface area contributed by atoms with Gasteiger partial charge in [-0.15, -0.1) is 5.10 Å². The van der Waals surface area contributed by atoms with Gasteiger partial charge in [0.15, 0.2) is 23.9 Å². The van der Waals surface area contributed by atoms with Crippen molar-refractivity contribution in [3.8, 4) is 17.2 Å². The molecule has 1 heterocycles. The Hall–Kier alpha value is -3.71. The van der Waals surface area contributed by atoms with Crippen molar-refractivity contribution < 1.29 is 9.47 Å². The Morgan fingerprint density at radius 1 is 0.871 bits per heavy atom. The van der Waals surface area contributed by atoms with Crippen LogP contribution in [-0.4, -0.2) is 27.3 Å². The Morgan fingerprint density at radius 3 is 2.42 bits per heavy atom. The molecule has 0 saturated carbocycles. The molecule has 3 aromatic carbocycles. The zero-order valence-corrected chi connectivity index (χ0v) is 17.7. The average Bonchev–Trinajstić information content (AvgIpc) is 3.28. The summed E-state index contributed by atoms with van der Waals surface area (Å²) in [6.45, 7) is 3.81. The summed E-state index contributed by atoms with van der Waals surface area (Å²) < 4.78 is 13.2. The number of ether oxygens (including phenoxy) is 2. The highest BCUT2D eigenvalue weighted by Gasteiger charge is 2.12. The lowest BCUT2D eigenvalue weighted by atomic mass is 10.2. The van der Waals surface area contributed by atoms with Gasteiger partial charge >= 0.3 is 0 Å². The van der Waals surface area contributed by atoms with Crippen molar-refractivity contribution in [3.63, 3.8) is 0 Å². The Morgan fingerprint density at radius 2 is 1.65 bits per heavy atom. The molecule has 0 unspecified atom stereocenters. The second-order valence-corrected chi connectivity index (χ2v) is 7.21. The minimum Gasteiger partial charge on any atom is -0.493 e. The Bertz CT molecular complexity index is 1110. The largest absolute Gasteiger partial charge is 0.493 e. The maximum atomic E-state index is 5.98. The number of rotatable bonds is 9. The average molecular weight is 415 g/mol. The lowest BCUT2D eigenvalue weighted by Crippen LogP contribution is -2.12. The molecule has 0 saturated heterocycles. The summed E-state index contributed by atoms with van der Waals surface area (Å²) in [6.07, 6.45) is 0. The third-order valence-electron chi connectivity index (χ3n) is 4.90. The fraction of sp³-hybridized carbons (Fsp3) is 0.208. The Kier molecular flexibility index (Phi) is 6.54. The minimum atomic E-state index is 0.225. The van der Waals surface area contributed by atoms with Crippen molar-refractivity contribution in [3.05, 3.63) is 95.3 Å². The highest BCUT2D eigenvalue weighted by molar-refractivity contribution is 5.43. The van der Waals surface area contributed by atoms with Crippen molar-refractivity contribution in [2.75, 3.05) is 7.11 Å². The van der Waals surface area contributed by atoms with Crippen molar-refractivity contribution in [1.82, 2.24) is 25.5 Å². The molecular weight excluding hydrogens is 390 g/mol. The van der Waals surface area contributed by atoms with Gasteiger partial charge in [-0.05, 0) is 52.7 Å². The fourth-order valence-electron chi connectivity index (χ4n) is 3.21. The van der Waals surface area contributed by atoms with E-state index in [0.29, 0.717) is 17.3 Å². The predicted molar refractivity (Wildman–Crippen MR) is 118 cm³/mol. The van der Waals surface area contributed by atoms with E-state index in [0.717, 1.165) is 24.3 Å². The standard InChI is InChI=1S/C24H25N5O2/c1-18-8-11-21(12-9-18)29-24(26-27-28-29)17-31-22-13-10-20(14-23(22)30-2)16-25-15-19-6-4-3-5-7-19/h3-14,25H,15-17H2,1-2H3. The third-order valence-corrected chi connectivity index (χ3v) is 4.90. The molecule has 0 radical (unpaired) electrons. The molecular formula is C24H25N5O2. The summed E-state index contributed by atoms with van der Waals surface area (Å²) in [7, 11) is 1.64. The number of benzene rings is 3. The van der Waals surface area contributed by atoms with Gasteiger partial charge in [0, 0.05) is 13.1 Å². The monoisotopic (exact) mass is 415 g/mol. The second kappa shape index (κ2) is 9.86. The van der Waals surface area contributed by atoms with E-state index in [2.05, 4.69) is 33.0 Å². The molecule has 0 aliphatic carbocycles. The molecule has 1 aromatic heterocycles. The normalized spacial score (nSPS) is 10.8. The fourth-order valence-corrected chi connectivity index (χ4v) is 3.21. The first-order valence-electron chi connectivity index (χ1n) is 10.1. The van der Waals surface area contributed by atoms with Gasteiger partial charge in [0.05, 0.1) is 12.8 Å². The highest BCUT2D eigenvalue weighted by Crippen LogP contribution is 2.29. The maximum Gasteiger partial charge on any atom is 0.194 e. The predicted octanol–water partition coefficient (Wildman–Crippen LogP) is 3.85. The van der Waals surface area contributed by atoms with E-state index >= 15 is 0 Å². The lowest BCUT2D eigenvalue weighted by molar-refractivity contribution is 0.273. The molecule has 31 heavy (non-hydrogen) atoms. The number of methoxy groups -OCH3 is 1. The summed E-state index contributed by atoms with van der Waals surface area (Å²) in [5.41, 5.74) is 4.43. The molecule has 0 spiro atoms. The third kappa shape index (κ3) is 5.26. The van der Waals surface area contributed by atoms with E-state index < -0.39 is 0 Å². The molecule has 0 aliphatic heterocycles. The van der Waals surface area contributed by atoms with Crippen LogP contribution >= 0.6 is 0 Å².